The summed E-state index contributed by atoms with van der Waals surface area (Å²) in [7, 11) is 0. The van der Waals surface area contributed by atoms with Crippen LogP contribution in [0.4, 0.5) is 10.1 Å². The van der Waals surface area contributed by atoms with E-state index < -0.39 is 0 Å². The number of fused-ring (bicyclic) bond motifs is 2. The van der Waals surface area contributed by atoms with Crippen LogP contribution in [0.3, 0.4) is 0 Å². The minimum Gasteiger partial charge on any atom is -0.397 e. The molecule has 8 nitrogen and oxygen atoms in total. The zero-order chi connectivity index (χ0) is 21.7. The lowest BCUT2D eigenvalue weighted by Gasteiger charge is -2.03. The summed E-state index contributed by atoms with van der Waals surface area (Å²) in [4.78, 5) is 21.1. The van der Waals surface area contributed by atoms with Crippen LogP contribution >= 0.6 is 0 Å². The maximum Gasteiger partial charge on any atom is 0.161 e. The molecule has 0 spiro atoms. The van der Waals surface area contributed by atoms with Gasteiger partial charge in [-0.15, -0.1) is 0 Å². The fraction of sp³-hybridized carbons (Fsp3) is 0. The van der Waals surface area contributed by atoms with E-state index in [1.807, 2.05) is 18.2 Å². The molecule has 0 unspecified atom stereocenters. The normalized spacial score (nSPS) is 11.4. The minimum atomic E-state index is -0.335. The molecule has 0 amide bonds. The summed E-state index contributed by atoms with van der Waals surface area (Å²) in [6.45, 7) is 0. The first-order chi connectivity index (χ1) is 15.7. The van der Waals surface area contributed by atoms with Gasteiger partial charge in [0.15, 0.2) is 11.5 Å². The zero-order valence-corrected chi connectivity index (χ0v) is 16.5. The Morgan fingerprint density at radius 2 is 1.69 bits per heavy atom. The van der Waals surface area contributed by atoms with E-state index in [9.17, 15) is 4.39 Å². The van der Waals surface area contributed by atoms with Crippen molar-refractivity contribution in [2.75, 3.05) is 5.73 Å². The highest BCUT2D eigenvalue weighted by molar-refractivity contribution is 5.95. The first kappa shape index (κ1) is 18.1. The third-order valence-electron chi connectivity index (χ3n) is 5.25. The number of H-pyrrole nitrogens is 2. The predicted octanol–water partition coefficient (Wildman–Crippen LogP) is 4.35. The summed E-state index contributed by atoms with van der Waals surface area (Å²) in [6.07, 6.45) is 6.55. The summed E-state index contributed by atoms with van der Waals surface area (Å²) in [6, 6.07) is 12.1. The van der Waals surface area contributed by atoms with Crippen molar-refractivity contribution < 1.29 is 4.39 Å². The molecule has 0 atom stereocenters. The predicted molar refractivity (Wildman–Crippen MR) is 120 cm³/mol. The van der Waals surface area contributed by atoms with Gasteiger partial charge in [0.25, 0.3) is 0 Å². The van der Waals surface area contributed by atoms with Crippen LogP contribution < -0.4 is 5.73 Å². The number of rotatable bonds is 3. The van der Waals surface area contributed by atoms with Crippen LogP contribution in [0.5, 0.6) is 0 Å². The molecule has 6 aromatic rings. The Bertz CT molecular complexity index is 1620. The van der Waals surface area contributed by atoms with Crippen LogP contribution in [0.2, 0.25) is 0 Å². The van der Waals surface area contributed by atoms with Gasteiger partial charge in [-0.25, -0.2) is 14.4 Å². The molecular formula is C23H15FN8. The van der Waals surface area contributed by atoms with E-state index in [0.717, 1.165) is 11.1 Å². The fourth-order valence-corrected chi connectivity index (χ4v) is 3.74. The summed E-state index contributed by atoms with van der Waals surface area (Å²) in [5.74, 6) is 0.172. The van der Waals surface area contributed by atoms with E-state index in [4.69, 9.17) is 15.7 Å². The number of hydrogen-bond donors (Lipinski definition) is 3. The number of nitrogens with two attached hydrogens (primary N) is 1. The van der Waals surface area contributed by atoms with Gasteiger partial charge in [0, 0.05) is 35.3 Å². The Hall–Kier alpha value is -4.66. The van der Waals surface area contributed by atoms with E-state index in [2.05, 4.69) is 25.1 Å². The van der Waals surface area contributed by atoms with Crippen LogP contribution in [-0.4, -0.2) is 35.1 Å². The molecule has 0 saturated carbocycles. The first-order valence-corrected chi connectivity index (χ1v) is 9.82. The van der Waals surface area contributed by atoms with E-state index in [1.54, 1.807) is 43.0 Å². The maximum atomic E-state index is 14.4. The van der Waals surface area contributed by atoms with Crippen molar-refractivity contribution in [1.29, 1.82) is 0 Å². The molecule has 0 fully saturated rings. The number of halogens is 1. The number of imidazole rings is 1. The molecule has 5 aromatic heterocycles. The molecule has 5 heterocycles. The van der Waals surface area contributed by atoms with Crippen molar-refractivity contribution in [3.8, 4) is 33.9 Å². The molecule has 0 aliphatic heterocycles. The highest BCUT2D eigenvalue weighted by atomic mass is 19.1. The number of anilines is 1. The zero-order valence-electron chi connectivity index (χ0n) is 16.5. The van der Waals surface area contributed by atoms with Gasteiger partial charge in [-0.3, -0.25) is 15.1 Å². The van der Waals surface area contributed by atoms with Gasteiger partial charge in [-0.2, -0.15) is 5.10 Å². The SMILES string of the molecule is Nc1cncc(-c2ccc3[nH]nc(-c4nc5c(-c6ccccc6F)cncc5[nH]4)c3n2)c1. The van der Waals surface area contributed by atoms with Crippen molar-refractivity contribution in [1.82, 2.24) is 35.1 Å². The van der Waals surface area contributed by atoms with Crippen molar-refractivity contribution in [3.05, 3.63) is 73.1 Å². The van der Waals surface area contributed by atoms with Crippen molar-refractivity contribution in [3.63, 3.8) is 0 Å². The van der Waals surface area contributed by atoms with E-state index >= 15 is 0 Å². The largest absolute Gasteiger partial charge is 0.397 e. The van der Waals surface area contributed by atoms with E-state index in [-0.39, 0.29) is 5.82 Å². The molecule has 4 N–H and O–H groups in total. The van der Waals surface area contributed by atoms with Gasteiger partial charge < -0.3 is 10.7 Å². The summed E-state index contributed by atoms with van der Waals surface area (Å²) in [5, 5.41) is 7.41. The van der Waals surface area contributed by atoms with Crippen LogP contribution in [0.15, 0.2) is 67.3 Å². The average Bonchev–Trinajstić information content (AvgIpc) is 3.43. The van der Waals surface area contributed by atoms with Crippen molar-refractivity contribution >= 4 is 27.8 Å². The number of pyridine rings is 3. The summed E-state index contributed by atoms with van der Waals surface area (Å²) in [5.41, 5.74) is 12.2. The van der Waals surface area contributed by atoms with Gasteiger partial charge in [0.05, 0.1) is 28.6 Å². The second-order valence-corrected chi connectivity index (χ2v) is 7.32. The van der Waals surface area contributed by atoms with Gasteiger partial charge in [-0.05, 0) is 24.3 Å². The highest BCUT2D eigenvalue weighted by Gasteiger charge is 2.18. The number of hydrogen-bond acceptors (Lipinski definition) is 6. The van der Waals surface area contributed by atoms with E-state index in [1.165, 1.54) is 6.07 Å². The van der Waals surface area contributed by atoms with Crippen molar-refractivity contribution in [2.45, 2.75) is 0 Å². The number of aromatic amines is 2. The average molecular weight is 422 g/mol. The molecule has 6 rings (SSSR count). The molecule has 32 heavy (non-hydrogen) atoms. The van der Waals surface area contributed by atoms with Crippen molar-refractivity contribution in [2.24, 2.45) is 0 Å². The number of nitrogen functional groups attached to an aromatic ring is 1. The van der Waals surface area contributed by atoms with Crippen LogP contribution in [-0.2, 0) is 0 Å². The van der Waals surface area contributed by atoms with Crippen LogP contribution in [0.1, 0.15) is 0 Å². The Morgan fingerprint density at radius 3 is 2.56 bits per heavy atom. The third kappa shape index (κ3) is 2.87. The molecule has 0 saturated heterocycles. The van der Waals surface area contributed by atoms with Gasteiger partial charge in [0.2, 0.25) is 0 Å². The Balaban J connectivity index is 1.52. The fourth-order valence-electron chi connectivity index (χ4n) is 3.74. The molecule has 0 aliphatic rings. The second-order valence-electron chi connectivity index (χ2n) is 7.32. The number of aromatic nitrogens is 7. The third-order valence-corrected chi connectivity index (χ3v) is 5.25. The number of nitrogens with zero attached hydrogens (tertiary/aromatic N) is 5. The molecule has 9 heteroatoms. The standard InChI is InChI=1S/C23H15FN8/c24-16-4-2-1-3-14(16)15-10-27-11-19-20(15)30-23(29-19)22-21-18(31-32-22)6-5-17(28-21)12-7-13(25)9-26-8-12/h1-11H,25H2,(H,29,30)(H,31,32). The highest BCUT2D eigenvalue weighted by Crippen LogP contribution is 2.32. The quantitative estimate of drug-likeness (QED) is 0.390. The molecule has 0 bridgehead atoms. The van der Waals surface area contributed by atoms with E-state index in [0.29, 0.717) is 50.6 Å². The Morgan fingerprint density at radius 1 is 0.812 bits per heavy atom. The molecule has 0 aliphatic carbocycles. The number of benzene rings is 1. The smallest absolute Gasteiger partial charge is 0.161 e. The second kappa shape index (κ2) is 6.95. The summed E-state index contributed by atoms with van der Waals surface area (Å²) < 4.78 is 14.4. The minimum absolute atomic E-state index is 0.335. The lowest BCUT2D eigenvalue weighted by Crippen LogP contribution is -1.90. The van der Waals surface area contributed by atoms with Gasteiger partial charge >= 0.3 is 0 Å². The van der Waals surface area contributed by atoms with Crippen LogP contribution in [0, 0.1) is 5.82 Å². The Labute approximate surface area is 180 Å². The maximum absolute atomic E-state index is 14.4. The first-order valence-electron chi connectivity index (χ1n) is 9.82. The lowest BCUT2D eigenvalue weighted by atomic mass is 10.1. The van der Waals surface area contributed by atoms with Gasteiger partial charge in [-0.1, -0.05) is 18.2 Å². The lowest BCUT2D eigenvalue weighted by molar-refractivity contribution is 0.631. The molecule has 0 radical (unpaired) electrons. The molecule has 154 valence electrons. The summed E-state index contributed by atoms with van der Waals surface area (Å²) >= 11 is 0. The monoisotopic (exact) mass is 422 g/mol. The topological polar surface area (TPSA) is 122 Å². The van der Waals surface area contributed by atoms with Gasteiger partial charge in [0.1, 0.15) is 16.9 Å². The Kier molecular flexibility index (Phi) is 3.94. The molecule has 1 aromatic carbocycles. The number of nitrogens with one attached hydrogen (secondary N) is 2. The molecular weight excluding hydrogens is 407 g/mol. The van der Waals surface area contributed by atoms with Crippen LogP contribution in [0.25, 0.3) is 56.0 Å².